The van der Waals surface area contributed by atoms with Crippen LogP contribution < -0.4 is 5.73 Å². The van der Waals surface area contributed by atoms with Gasteiger partial charge < -0.3 is 5.73 Å². The Morgan fingerprint density at radius 3 is 2.58 bits per heavy atom. The Hall–Kier alpha value is -2.94. The molecule has 26 heavy (non-hydrogen) atoms. The summed E-state index contributed by atoms with van der Waals surface area (Å²) in [5.41, 5.74) is 7.85. The fourth-order valence-corrected chi connectivity index (χ4v) is 3.12. The molecule has 0 spiro atoms. The Morgan fingerprint density at radius 2 is 1.85 bits per heavy atom. The third kappa shape index (κ3) is 2.90. The topological polar surface area (TPSA) is 82.0 Å². The quantitative estimate of drug-likeness (QED) is 0.553. The molecule has 1 aromatic carbocycles. The van der Waals surface area contributed by atoms with Gasteiger partial charge in [0.2, 0.25) is 5.95 Å². The number of rotatable bonds is 3. The minimum atomic E-state index is -0.427. The lowest BCUT2D eigenvalue weighted by Gasteiger charge is -2.06. The van der Waals surface area contributed by atoms with Gasteiger partial charge in [0, 0.05) is 11.8 Å². The van der Waals surface area contributed by atoms with Crippen LogP contribution in [-0.4, -0.2) is 24.6 Å². The van der Waals surface area contributed by atoms with Gasteiger partial charge in [0.15, 0.2) is 11.5 Å². The first-order chi connectivity index (χ1) is 12.5. The molecule has 9 heteroatoms. The monoisotopic (exact) mass is 416 g/mol. The van der Waals surface area contributed by atoms with Crippen molar-refractivity contribution in [3.8, 4) is 11.3 Å². The summed E-state index contributed by atoms with van der Waals surface area (Å²) >= 11 is 3.46. The zero-order valence-corrected chi connectivity index (χ0v) is 14.8. The summed E-state index contributed by atoms with van der Waals surface area (Å²) in [6.07, 6.45) is 1.62. The Balaban J connectivity index is 1.81. The number of nitrogens with zero attached hydrogens (tertiary/aromatic N) is 5. The molecule has 0 radical (unpaired) electrons. The fourth-order valence-electron chi connectivity index (χ4n) is 2.55. The Kier molecular flexibility index (Phi) is 4.08. The molecule has 0 saturated carbocycles. The average Bonchev–Trinajstić information content (AvgIpc) is 3.06. The molecule has 0 aliphatic rings. The van der Waals surface area contributed by atoms with Crippen molar-refractivity contribution in [2.75, 3.05) is 5.73 Å². The average molecular weight is 417 g/mol. The van der Waals surface area contributed by atoms with Gasteiger partial charge in [-0.1, -0.05) is 0 Å². The van der Waals surface area contributed by atoms with Crippen LogP contribution in [0.1, 0.15) is 11.5 Å². The van der Waals surface area contributed by atoms with Crippen LogP contribution >= 0.6 is 15.9 Å². The Morgan fingerprint density at radius 1 is 1.08 bits per heavy atom. The molecular formula is C17H11BrF2N6. The molecular weight excluding hydrogens is 406 g/mol. The van der Waals surface area contributed by atoms with Crippen LogP contribution in [0.2, 0.25) is 0 Å². The molecule has 0 bridgehead atoms. The van der Waals surface area contributed by atoms with Gasteiger partial charge in [-0.05, 0) is 52.3 Å². The summed E-state index contributed by atoms with van der Waals surface area (Å²) in [5, 5.41) is 4.28. The molecule has 0 fully saturated rings. The van der Waals surface area contributed by atoms with Crippen molar-refractivity contribution in [3.05, 3.63) is 70.2 Å². The molecule has 6 nitrogen and oxygen atoms in total. The molecule has 2 N–H and O–H groups in total. The smallest absolute Gasteiger partial charge is 0.223 e. The van der Waals surface area contributed by atoms with Crippen LogP contribution in [0.15, 0.2) is 47.1 Å². The first kappa shape index (κ1) is 16.5. The van der Waals surface area contributed by atoms with Crippen LogP contribution in [0.4, 0.5) is 14.7 Å². The van der Waals surface area contributed by atoms with Crippen molar-refractivity contribution in [2.24, 2.45) is 0 Å². The summed E-state index contributed by atoms with van der Waals surface area (Å²) in [6.45, 7) is 0. The SMILES string of the molecule is Nc1nc(-c2ccc(F)cc2)c(Br)c2nc(Cc3ncccc3F)nn12. The minimum absolute atomic E-state index is 0.114. The van der Waals surface area contributed by atoms with Crippen molar-refractivity contribution < 1.29 is 8.78 Å². The first-order valence-electron chi connectivity index (χ1n) is 7.59. The van der Waals surface area contributed by atoms with Crippen LogP contribution in [0.25, 0.3) is 16.9 Å². The third-order valence-electron chi connectivity index (χ3n) is 3.78. The second-order valence-electron chi connectivity index (χ2n) is 5.51. The molecule has 0 aliphatic heterocycles. The summed E-state index contributed by atoms with van der Waals surface area (Å²) in [4.78, 5) is 12.7. The predicted molar refractivity (Wildman–Crippen MR) is 95.3 cm³/mol. The van der Waals surface area contributed by atoms with Gasteiger partial charge >= 0.3 is 0 Å². The molecule has 3 heterocycles. The van der Waals surface area contributed by atoms with E-state index in [1.807, 2.05) is 0 Å². The molecule has 4 aromatic rings. The molecule has 0 unspecified atom stereocenters. The molecule has 130 valence electrons. The van der Waals surface area contributed by atoms with E-state index in [0.29, 0.717) is 27.2 Å². The highest BCUT2D eigenvalue weighted by Gasteiger charge is 2.17. The summed E-state index contributed by atoms with van der Waals surface area (Å²) < 4.78 is 28.9. The molecule has 0 atom stereocenters. The van der Waals surface area contributed by atoms with Crippen molar-refractivity contribution in [2.45, 2.75) is 6.42 Å². The van der Waals surface area contributed by atoms with Crippen molar-refractivity contribution in [1.29, 1.82) is 0 Å². The van der Waals surface area contributed by atoms with Crippen molar-refractivity contribution >= 4 is 27.5 Å². The maximum absolute atomic E-state index is 13.8. The number of pyridine rings is 1. The number of hydrogen-bond donors (Lipinski definition) is 1. The van der Waals surface area contributed by atoms with E-state index < -0.39 is 5.82 Å². The van der Waals surface area contributed by atoms with E-state index in [1.165, 1.54) is 35.0 Å². The van der Waals surface area contributed by atoms with E-state index in [1.54, 1.807) is 12.1 Å². The van der Waals surface area contributed by atoms with Crippen molar-refractivity contribution in [3.63, 3.8) is 0 Å². The predicted octanol–water partition coefficient (Wildman–Crippen LogP) is 3.40. The molecule has 3 aromatic heterocycles. The lowest BCUT2D eigenvalue weighted by molar-refractivity contribution is 0.601. The highest BCUT2D eigenvalue weighted by molar-refractivity contribution is 9.10. The van der Waals surface area contributed by atoms with Gasteiger partial charge in [-0.3, -0.25) is 4.98 Å². The van der Waals surface area contributed by atoms with E-state index in [2.05, 4.69) is 36.0 Å². The zero-order valence-electron chi connectivity index (χ0n) is 13.2. The largest absolute Gasteiger partial charge is 0.368 e. The van der Waals surface area contributed by atoms with Gasteiger partial charge in [-0.2, -0.15) is 4.52 Å². The van der Waals surface area contributed by atoms with Crippen molar-refractivity contribution in [1.82, 2.24) is 24.6 Å². The fraction of sp³-hybridized carbons (Fsp3) is 0.0588. The van der Waals surface area contributed by atoms with Gasteiger partial charge in [0.1, 0.15) is 11.6 Å². The van der Waals surface area contributed by atoms with Crippen LogP contribution in [-0.2, 0) is 6.42 Å². The Labute approximate surface area is 154 Å². The van der Waals surface area contributed by atoms with Gasteiger partial charge in [0.25, 0.3) is 0 Å². The maximum atomic E-state index is 13.8. The Bertz CT molecular complexity index is 1110. The van der Waals surface area contributed by atoms with E-state index in [0.717, 1.165) is 0 Å². The lowest BCUT2D eigenvalue weighted by Crippen LogP contribution is -2.04. The molecule has 0 amide bonds. The number of benzene rings is 1. The van der Waals surface area contributed by atoms with Crippen LogP contribution in [0.3, 0.4) is 0 Å². The number of aromatic nitrogens is 5. The number of nitrogens with two attached hydrogens (primary N) is 1. The molecule has 4 rings (SSSR count). The lowest BCUT2D eigenvalue weighted by atomic mass is 10.1. The minimum Gasteiger partial charge on any atom is -0.368 e. The van der Waals surface area contributed by atoms with E-state index in [-0.39, 0.29) is 23.9 Å². The second kappa shape index (κ2) is 6.41. The third-order valence-corrected chi connectivity index (χ3v) is 4.51. The number of hydrogen-bond acceptors (Lipinski definition) is 5. The zero-order chi connectivity index (χ0) is 18.3. The van der Waals surface area contributed by atoms with E-state index in [4.69, 9.17) is 5.73 Å². The first-order valence-corrected chi connectivity index (χ1v) is 8.38. The number of anilines is 1. The van der Waals surface area contributed by atoms with Crippen LogP contribution in [0, 0.1) is 11.6 Å². The van der Waals surface area contributed by atoms with E-state index in [9.17, 15) is 8.78 Å². The maximum Gasteiger partial charge on any atom is 0.223 e. The normalized spacial score (nSPS) is 11.2. The summed E-state index contributed by atoms with van der Waals surface area (Å²) in [7, 11) is 0. The summed E-state index contributed by atoms with van der Waals surface area (Å²) in [5.74, 6) is -0.305. The number of nitrogen functional groups attached to an aromatic ring is 1. The van der Waals surface area contributed by atoms with Gasteiger partial charge in [-0.25, -0.2) is 18.7 Å². The second-order valence-corrected chi connectivity index (χ2v) is 6.30. The van der Waals surface area contributed by atoms with Gasteiger partial charge in [-0.15, -0.1) is 5.10 Å². The number of fused-ring (bicyclic) bond motifs is 1. The highest BCUT2D eigenvalue weighted by Crippen LogP contribution is 2.31. The highest BCUT2D eigenvalue weighted by atomic mass is 79.9. The standard InChI is InChI=1S/C17H11BrF2N6/c18-14-15(9-3-5-10(19)6-4-9)24-17(21)26-16(14)23-13(25-26)8-12-11(20)2-1-7-22-12/h1-7H,8H2,(H2,21,24). The van der Waals surface area contributed by atoms with Crippen LogP contribution in [0.5, 0.6) is 0 Å². The molecule has 0 saturated heterocycles. The van der Waals surface area contributed by atoms with Gasteiger partial charge in [0.05, 0.1) is 22.3 Å². The molecule has 0 aliphatic carbocycles. The van der Waals surface area contributed by atoms with E-state index >= 15 is 0 Å². The summed E-state index contributed by atoms with van der Waals surface area (Å²) in [6, 6.07) is 8.71. The number of halogens is 3.